The van der Waals surface area contributed by atoms with Crippen LogP contribution in [0.3, 0.4) is 0 Å². The Balaban J connectivity index is 2.09. The molecule has 0 unspecified atom stereocenters. The number of methoxy groups -OCH3 is 1. The number of benzene rings is 1. The lowest BCUT2D eigenvalue weighted by Crippen LogP contribution is -2.16. The Bertz CT molecular complexity index is 629. The molecule has 0 aliphatic carbocycles. The molecule has 104 valence electrons. The number of anilines is 1. The Hall–Kier alpha value is -1.98. The van der Waals surface area contributed by atoms with E-state index in [1.807, 2.05) is 24.3 Å². The molecule has 2 heterocycles. The molecule has 5 heteroatoms. The van der Waals surface area contributed by atoms with Crippen molar-refractivity contribution in [2.75, 3.05) is 19.5 Å². The SMILES string of the molecule is COCc1ccccc1-c1nc(N)c2c(n1)CCOC2. The van der Waals surface area contributed by atoms with Gasteiger partial charge in [0.15, 0.2) is 5.82 Å². The van der Waals surface area contributed by atoms with Gasteiger partial charge in [-0.1, -0.05) is 24.3 Å². The number of aromatic nitrogens is 2. The van der Waals surface area contributed by atoms with Gasteiger partial charge in [-0.15, -0.1) is 0 Å². The summed E-state index contributed by atoms with van der Waals surface area (Å²) in [5.74, 6) is 1.17. The lowest BCUT2D eigenvalue weighted by molar-refractivity contribution is 0.109. The van der Waals surface area contributed by atoms with Gasteiger partial charge in [0.05, 0.1) is 25.5 Å². The maximum atomic E-state index is 6.04. The van der Waals surface area contributed by atoms with Crippen LogP contribution in [-0.4, -0.2) is 23.7 Å². The molecule has 0 fully saturated rings. The average molecular weight is 271 g/mol. The Morgan fingerprint density at radius 3 is 3.00 bits per heavy atom. The normalized spacial score (nSPS) is 14.1. The topological polar surface area (TPSA) is 70.3 Å². The van der Waals surface area contributed by atoms with Gasteiger partial charge >= 0.3 is 0 Å². The second-order valence-corrected chi connectivity index (χ2v) is 4.75. The molecule has 20 heavy (non-hydrogen) atoms. The van der Waals surface area contributed by atoms with E-state index in [2.05, 4.69) is 9.97 Å². The zero-order valence-corrected chi connectivity index (χ0v) is 11.4. The fraction of sp³-hybridized carbons (Fsp3) is 0.333. The van der Waals surface area contributed by atoms with Gasteiger partial charge in [0.2, 0.25) is 0 Å². The minimum atomic E-state index is 0.501. The first kappa shape index (κ1) is 13.0. The average Bonchev–Trinajstić information content (AvgIpc) is 2.48. The maximum Gasteiger partial charge on any atom is 0.162 e. The summed E-state index contributed by atoms with van der Waals surface area (Å²) in [6, 6.07) is 7.96. The minimum Gasteiger partial charge on any atom is -0.383 e. The van der Waals surface area contributed by atoms with Crippen molar-refractivity contribution in [2.45, 2.75) is 19.6 Å². The smallest absolute Gasteiger partial charge is 0.162 e. The molecule has 1 aromatic heterocycles. The first-order valence-corrected chi connectivity index (χ1v) is 6.60. The molecule has 1 aliphatic rings. The molecule has 1 aromatic carbocycles. The number of nitrogens with two attached hydrogens (primary N) is 1. The van der Waals surface area contributed by atoms with Crippen LogP contribution in [0.4, 0.5) is 5.82 Å². The lowest BCUT2D eigenvalue weighted by atomic mass is 10.1. The highest BCUT2D eigenvalue weighted by molar-refractivity contribution is 5.62. The highest BCUT2D eigenvalue weighted by Gasteiger charge is 2.18. The Morgan fingerprint density at radius 1 is 1.30 bits per heavy atom. The van der Waals surface area contributed by atoms with Crippen molar-refractivity contribution in [1.82, 2.24) is 9.97 Å². The molecule has 3 rings (SSSR count). The van der Waals surface area contributed by atoms with E-state index in [4.69, 9.17) is 15.2 Å². The number of hydrogen-bond acceptors (Lipinski definition) is 5. The van der Waals surface area contributed by atoms with Crippen LogP contribution in [0.1, 0.15) is 16.8 Å². The zero-order chi connectivity index (χ0) is 13.9. The van der Waals surface area contributed by atoms with Crippen molar-refractivity contribution in [1.29, 1.82) is 0 Å². The summed E-state index contributed by atoms with van der Waals surface area (Å²) >= 11 is 0. The minimum absolute atomic E-state index is 0.501. The van der Waals surface area contributed by atoms with Crippen molar-refractivity contribution in [2.24, 2.45) is 0 Å². The highest BCUT2D eigenvalue weighted by Crippen LogP contribution is 2.26. The number of nitrogen functional groups attached to an aromatic ring is 1. The van der Waals surface area contributed by atoms with Crippen LogP contribution in [0, 0.1) is 0 Å². The van der Waals surface area contributed by atoms with Crippen LogP contribution in [0.5, 0.6) is 0 Å². The quantitative estimate of drug-likeness (QED) is 0.923. The summed E-state index contributed by atoms with van der Waals surface area (Å²) in [5, 5.41) is 0. The van der Waals surface area contributed by atoms with E-state index in [1.165, 1.54) is 0 Å². The number of fused-ring (bicyclic) bond motifs is 1. The third-order valence-corrected chi connectivity index (χ3v) is 3.41. The van der Waals surface area contributed by atoms with Gasteiger partial charge in [-0.05, 0) is 5.56 Å². The Labute approximate surface area is 117 Å². The monoisotopic (exact) mass is 271 g/mol. The maximum absolute atomic E-state index is 6.04. The van der Waals surface area contributed by atoms with Gasteiger partial charge in [0.1, 0.15) is 5.82 Å². The van der Waals surface area contributed by atoms with Crippen LogP contribution >= 0.6 is 0 Å². The molecule has 0 radical (unpaired) electrons. The van der Waals surface area contributed by atoms with E-state index in [0.29, 0.717) is 31.5 Å². The van der Waals surface area contributed by atoms with Gasteiger partial charge in [-0.3, -0.25) is 0 Å². The van der Waals surface area contributed by atoms with Gasteiger partial charge in [0.25, 0.3) is 0 Å². The summed E-state index contributed by atoms with van der Waals surface area (Å²) in [6.45, 7) is 1.71. The molecule has 0 atom stereocenters. The molecular weight excluding hydrogens is 254 g/mol. The molecule has 0 saturated carbocycles. The Morgan fingerprint density at radius 2 is 2.15 bits per heavy atom. The predicted octanol–water partition coefficient (Wildman–Crippen LogP) is 1.94. The van der Waals surface area contributed by atoms with Crippen LogP contribution < -0.4 is 5.73 Å². The summed E-state index contributed by atoms with van der Waals surface area (Å²) in [6.07, 6.45) is 0.779. The van der Waals surface area contributed by atoms with Crippen molar-refractivity contribution in [3.8, 4) is 11.4 Å². The molecule has 2 aromatic rings. The van der Waals surface area contributed by atoms with Crippen molar-refractivity contribution in [3.05, 3.63) is 41.1 Å². The molecule has 0 bridgehead atoms. The number of hydrogen-bond donors (Lipinski definition) is 1. The van der Waals surface area contributed by atoms with Gasteiger partial charge < -0.3 is 15.2 Å². The van der Waals surface area contributed by atoms with Crippen molar-refractivity contribution < 1.29 is 9.47 Å². The van der Waals surface area contributed by atoms with E-state index < -0.39 is 0 Å². The lowest BCUT2D eigenvalue weighted by Gasteiger charge is -2.18. The molecular formula is C15H17N3O2. The number of rotatable bonds is 3. The zero-order valence-electron chi connectivity index (χ0n) is 11.4. The first-order valence-electron chi connectivity index (χ1n) is 6.60. The van der Waals surface area contributed by atoms with E-state index in [0.717, 1.165) is 28.8 Å². The summed E-state index contributed by atoms with van der Waals surface area (Å²) in [7, 11) is 1.68. The van der Waals surface area contributed by atoms with Crippen molar-refractivity contribution in [3.63, 3.8) is 0 Å². The third kappa shape index (κ3) is 2.37. The van der Waals surface area contributed by atoms with Crippen LogP contribution in [0.15, 0.2) is 24.3 Å². The second kappa shape index (κ2) is 5.56. The summed E-state index contributed by atoms with van der Waals surface area (Å²) in [4.78, 5) is 9.09. The third-order valence-electron chi connectivity index (χ3n) is 3.41. The molecule has 1 aliphatic heterocycles. The Kier molecular flexibility index (Phi) is 3.62. The number of ether oxygens (including phenoxy) is 2. The van der Waals surface area contributed by atoms with Gasteiger partial charge in [-0.2, -0.15) is 0 Å². The standard InChI is InChI=1S/C15H17N3O2/c1-19-8-10-4-2-3-5-11(10)15-17-13-6-7-20-9-12(13)14(16)18-15/h2-5H,6-9H2,1H3,(H2,16,17,18). The van der Waals surface area contributed by atoms with E-state index in [1.54, 1.807) is 7.11 Å². The van der Waals surface area contributed by atoms with Crippen LogP contribution in [0.2, 0.25) is 0 Å². The second-order valence-electron chi connectivity index (χ2n) is 4.75. The molecule has 0 saturated heterocycles. The molecule has 2 N–H and O–H groups in total. The predicted molar refractivity (Wildman–Crippen MR) is 76.0 cm³/mol. The summed E-state index contributed by atoms with van der Waals surface area (Å²) in [5.41, 5.74) is 9.98. The largest absolute Gasteiger partial charge is 0.383 e. The fourth-order valence-corrected chi connectivity index (χ4v) is 2.40. The molecule has 5 nitrogen and oxygen atoms in total. The van der Waals surface area contributed by atoms with Gasteiger partial charge in [0, 0.05) is 24.7 Å². The van der Waals surface area contributed by atoms with E-state index >= 15 is 0 Å². The highest BCUT2D eigenvalue weighted by atomic mass is 16.5. The van der Waals surface area contributed by atoms with Gasteiger partial charge in [-0.25, -0.2) is 9.97 Å². The van der Waals surface area contributed by atoms with Crippen LogP contribution in [-0.2, 0) is 29.1 Å². The van der Waals surface area contributed by atoms with Crippen LogP contribution in [0.25, 0.3) is 11.4 Å². The van der Waals surface area contributed by atoms with E-state index in [-0.39, 0.29) is 0 Å². The molecule has 0 spiro atoms. The number of nitrogens with zero attached hydrogens (tertiary/aromatic N) is 2. The first-order chi connectivity index (χ1) is 9.79. The molecule has 0 amide bonds. The fourth-order valence-electron chi connectivity index (χ4n) is 2.40. The van der Waals surface area contributed by atoms with Crippen molar-refractivity contribution >= 4 is 5.82 Å². The summed E-state index contributed by atoms with van der Waals surface area (Å²) < 4.78 is 10.6. The van der Waals surface area contributed by atoms with E-state index in [9.17, 15) is 0 Å².